The van der Waals surface area contributed by atoms with Gasteiger partial charge < -0.3 is 20.9 Å². The molecule has 0 aliphatic carbocycles. The highest BCUT2D eigenvalue weighted by molar-refractivity contribution is 6.33. The van der Waals surface area contributed by atoms with Gasteiger partial charge in [0.05, 0.1) is 34.5 Å². The second-order valence-corrected chi connectivity index (χ2v) is 7.25. The molecule has 10 heteroatoms. The van der Waals surface area contributed by atoms with Gasteiger partial charge in [-0.1, -0.05) is 29.8 Å². The van der Waals surface area contributed by atoms with Crippen molar-refractivity contribution in [1.29, 1.82) is 0 Å². The predicted molar refractivity (Wildman–Crippen MR) is 126 cm³/mol. The normalized spacial score (nSPS) is 10.3. The quantitative estimate of drug-likeness (QED) is 0.496. The minimum Gasteiger partial charge on any atom is -0.351 e. The third-order valence-corrected chi connectivity index (χ3v) is 4.51. The van der Waals surface area contributed by atoms with Gasteiger partial charge in [0.2, 0.25) is 0 Å². The van der Waals surface area contributed by atoms with Crippen LogP contribution in [-0.2, 0) is 0 Å². The smallest absolute Gasteiger partial charge is 0.323 e. The van der Waals surface area contributed by atoms with Crippen molar-refractivity contribution in [3.05, 3.63) is 71.5 Å². The summed E-state index contributed by atoms with van der Waals surface area (Å²) in [5.41, 5.74) is 2.25. The van der Waals surface area contributed by atoms with Crippen LogP contribution in [0.4, 0.5) is 16.2 Å². The van der Waals surface area contributed by atoms with E-state index in [0.29, 0.717) is 34.2 Å². The summed E-state index contributed by atoms with van der Waals surface area (Å²) in [6.07, 6.45) is 3.19. The first-order valence-electron chi connectivity index (χ1n) is 9.33. The Morgan fingerprint density at radius 3 is 2.61 bits per heavy atom. The maximum absolute atomic E-state index is 12.3. The van der Waals surface area contributed by atoms with E-state index in [9.17, 15) is 9.59 Å². The zero-order valence-corrected chi connectivity index (χ0v) is 18.7. The third-order valence-electron chi connectivity index (χ3n) is 4.18. The van der Waals surface area contributed by atoms with Gasteiger partial charge in [0.15, 0.2) is 0 Å². The minimum atomic E-state index is -0.434. The number of nitrogens with zero attached hydrogens (tertiary/aromatic N) is 3. The summed E-state index contributed by atoms with van der Waals surface area (Å²) in [5, 5.41) is 13.0. The Morgan fingerprint density at radius 1 is 1.10 bits per heavy atom. The van der Waals surface area contributed by atoms with E-state index in [1.807, 2.05) is 25.1 Å². The van der Waals surface area contributed by atoms with Crippen molar-refractivity contribution < 1.29 is 9.59 Å². The molecular formula is C21H24Cl2N6O2. The van der Waals surface area contributed by atoms with E-state index < -0.39 is 6.03 Å². The van der Waals surface area contributed by atoms with Crippen LogP contribution in [0.2, 0.25) is 5.02 Å². The molecule has 3 amide bonds. The summed E-state index contributed by atoms with van der Waals surface area (Å²) in [6, 6.07) is 13.6. The summed E-state index contributed by atoms with van der Waals surface area (Å²) in [6.45, 7) is 1.32. The van der Waals surface area contributed by atoms with E-state index in [1.54, 1.807) is 53.3 Å². The molecule has 0 fully saturated rings. The Labute approximate surface area is 192 Å². The number of carbonyl (C=O) groups is 2. The van der Waals surface area contributed by atoms with Crippen molar-refractivity contribution >= 4 is 47.3 Å². The molecule has 164 valence electrons. The highest BCUT2D eigenvalue weighted by Crippen LogP contribution is 2.21. The number of benzene rings is 2. The Bertz CT molecular complexity index is 1040. The summed E-state index contributed by atoms with van der Waals surface area (Å²) in [5.74, 6) is -0.150. The molecule has 31 heavy (non-hydrogen) atoms. The second-order valence-electron chi connectivity index (χ2n) is 6.84. The van der Waals surface area contributed by atoms with Gasteiger partial charge >= 0.3 is 6.03 Å². The summed E-state index contributed by atoms with van der Waals surface area (Å²) in [7, 11) is 3.90. The number of aromatic nitrogens is 2. The van der Waals surface area contributed by atoms with E-state index in [1.165, 1.54) is 6.20 Å². The molecule has 3 aromatic rings. The predicted octanol–water partition coefficient (Wildman–Crippen LogP) is 3.88. The average Bonchev–Trinajstić information content (AvgIpc) is 3.18. The van der Waals surface area contributed by atoms with Crippen LogP contribution in [0.1, 0.15) is 10.4 Å². The van der Waals surface area contributed by atoms with Gasteiger partial charge in [-0.2, -0.15) is 5.10 Å². The monoisotopic (exact) mass is 462 g/mol. The maximum Gasteiger partial charge on any atom is 0.323 e. The summed E-state index contributed by atoms with van der Waals surface area (Å²) in [4.78, 5) is 26.5. The Kier molecular flexibility index (Phi) is 8.87. The minimum absolute atomic E-state index is 0. The van der Waals surface area contributed by atoms with Crippen LogP contribution in [0.15, 0.2) is 60.9 Å². The number of amides is 3. The van der Waals surface area contributed by atoms with E-state index in [-0.39, 0.29) is 18.3 Å². The lowest BCUT2D eigenvalue weighted by molar-refractivity contribution is 0.0951. The molecule has 0 aliphatic heterocycles. The van der Waals surface area contributed by atoms with Gasteiger partial charge in [-0.25, -0.2) is 9.48 Å². The molecule has 0 radical (unpaired) electrons. The number of hydrogen-bond donors (Lipinski definition) is 3. The van der Waals surface area contributed by atoms with Gasteiger partial charge in [0.25, 0.3) is 5.91 Å². The van der Waals surface area contributed by atoms with E-state index >= 15 is 0 Å². The highest BCUT2D eigenvalue weighted by atomic mass is 35.5. The molecule has 0 saturated heterocycles. The molecule has 2 aromatic carbocycles. The summed E-state index contributed by atoms with van der Waals surface area (Å²) < 4.78 is 1.59. The van der Waals surface area contributed by atoms with Gasteiger partial charge in [-0.15, -0.1) is 12.4 Å². The largest absolute Gasteiger partial charge is 0.351 e. The first kappa shape index (κ1) is 24.2. The molecule has 1 aromatic heterocycles. The number of urea groups is 1. The molecular weight excluding hydrogens is 439 g/mol. The number of halogens is 2. The van der Waals surface area contributed by atoms with Gasteiger partial charge in [-0.05, 0) is 44.4 Å². The fourth-order valence-corrected chi connectivity index (χ4v) is 2.84. The maximum atomic E-state index is 12.3. The number of rotatable bonds is 7. The van der Waals surface area contributed by atoms with E-state index in [4.69, 9.17) is 11.6 Å². The molecule has 1 heterocycles. The number of para-hydroxylation sites is 1. The molecule has 0 atom stereocenters. The Morgan fingerprint density at radius 2 is 1.87 bits per heavy atom. The topological polar surface area (TPSA) is 91.3 Å². The van der Waals surface area contributed by atoms with Crippen LogP contribution in [0.25, 0.3) is 5.69 Å². The molecule has 3 N–H and O–H groups in total. The highest BCUT2D eigenvalue weighted by Gasteiger charge is 2.10. The number of carbonyl (C=O) groups excluding carboxylic acids is 2. The van der Waals surface area contributed by atoms with E-state index in [0.717, 1.165) is 6.54 Å². The molecule has 0 bridgehead atoms. The van der Waals surface area contributed by atoms with Crippen molar-refractivity contribution in [3.8, 4) is 5.69 Å². The van der Waals surface area contributed by atoms with E-state index in [2.05, 4.69) is 21.0 Å². The average molecular weight is 463 g/mol. The van der Waals surface area contributed by atoms with Gasteiger partial charge in [0.1, 0.15) is 0 Å². The molecule has 0 unspecified atom stereocenters. The van der Waals surface area contributed by atoms with Crippen molar-refractivity contribution in [2.75, 3.05) is 37.8 Å². The van der Waals surface area contributed by atoms with Gasteiger partial charge in [-0.3, -0.25) is 4.79 Å². The zero-order valence-electron chi connectivity index (χ0n) is 17.1. The summed E-state index contributed by atoms with van der Waals surface area (Å²) >= 11 is 6.05. The number of nitrogens with one attached hydrogen (secondary N) is 3. The molecule has 0 aliphatic rings. The molecule has 3 rings (SSSR count). The standard InChI is InChI=1S/C21H23ClN6O2.ClH/c1-27(2)11-10-23-20(29)15-6-5-7-17(12-15)28-14-16(13-24-28)25-21(30)26-19-9-4-3-8-18(19)22;/h3-9,12-14H,10-11H2,1-2H3,(H,23,29)(H2,25,26,30);1H. The van der Waals surface area contributed by atoms with Crippen LogP contribution in [0, 0.1) is 0 Å². The van der Waals surface area contributed by atoms with Crippen LogP contribution in [0.3, 0.4) is 0 Å². The lowest BCUT2D eigenvalue weighted by Gasteiger charge is -2.11. The molecule has 8 nitrogen and oxygen atoms in total. The lowest BCUT2D eigenvalue weighted by Crippen LogP contribution is -2.31. The first-order chi connectivity index (χ1) is 14.4. The molecule has 0 spiro atoms. The van der Waals surface area contributed by atoms with Crippen LogP contribution >= 0.6 is 24.0 Å². The van der Waals surface area contributed by atoms with Crippen molar-refractivity contribution in [1.82, 2.24) is 20.0 Å². The van der Waals surface area contributed by atoms with Gasteiger partial charge in [0, 0.05) is 18.7 Å². The number of anilines is 2. The fourth-order valence-electron chi connectivity index (χ4n) is 2.66. The SMILES string of the molecule is CN(C)CCNC(=O)c1cccc(-n2cc(NC(=O)Nc3ccccc3Cl)cn2)c1.Cl. The Balaban J connectivity index is 0.00000341. The van der Waals surface area contributed by atoms with Crippen LogP contribution in [0.5, 0.6) is 0 Å². The van der Waals surface area contributed by atoms with Crippen molar-refractivity contribution in [2.24, 2.45) is 0 Å². The van der Waals surface area contributed by atoms with Crippen LogP contribution < -0.4 is 16.0 Å². The number of hydrogen-bond acceptors (Lipinski definition) is 4. The fraction of sp³-hybridized carbons (Fsp3) is 0.190. The number of likely N-dealkylation sites (N-methyl/N-ethyl adjacent to an activating group) is 1. The third kappa shape index (κ3) is 6.99. The van der Waals surface area contributed by atoms with Crippen molar-refractivity contribution in [2.45, 2.75) is 0 Å². The zero-order chi connectivity index (χ0) is 21.5. The van der Waals surface area contributed by atoms with Crippen molar-refractivity contribution in [3.63, 3.8) is 0 Å². The Hall–Kier alpha value is -3.07. The van der Waals surface area contributed by atoms with Crippen LogP contribution in [-0.4, -0.2) is 53.8 Å². The second kappa shape index (κ2) is 11.4. The molecule has 0 saturated carbocycles. The lowest BCUT2D eigenvalue weighted by atomic mass is 10.2. The first-order valence-corrected chi connectivity index (χ1v) is 9.71.